The Balaban J connectivity index is 1.53. The quantitative estimate of drug-likeness (QED) is 0.897. The molecule has 0 bridgehead atoms. The molecule has 1 saturated heterocycles. The van der Waals surface area contributed by atoms with Gasteiger partial charge in [0.2, 0.25) is 0 Å². The molecule has 2 aliphatic heterocycles. The first-order valence-electron chi connectivity index (χ1n) is 9.47. The molecule has 1 amide bonds. The van der Waals surface area contributed by atoms with E-state index in [0.29, 0.717) is 43.3 Å². The number of amides is 1. The molecule has 142 valence electrons. The van der Waals surface area contributed by atoms with E-state index in [1.807, 2.05) is 12.1 Å². The zero-order chi connectivity index (χ0) is 19.0. The molecule has 1 aromatic carbocycles. The Morgan fingerprint density at radius 2 is 2.07 bits per heavy atom. The molecule has 6 nitrogen and oxygen atoms in total. The normalized spacial score (nSPS) is 22.0. The van der Waals surface area contributed by atoms with Crippen molar-refractivity contribution in [2.45, 2.75) is 38.8 Å². The smallest absolute Gasteiger partial charge is 0.308 e. The number of carboxylic acid groups (broad SMARTS) is 1. The molecule has 1 aromatic heterocycles. The van der Waals surface area contributed by atoms with Crippen LogP contribution in [0.1, 0.15) is 41.4 Å². The molecule has 2 aromatic rings. The van der Waals surface area contributed by atoms with E-state index in [4.69, 9.17) is 4.42 Å². The fourth-order valence-electron chi connectivity index (χ4n) is 4.21. The molecule has 27 heavy (non-hydrogen) atoms. The van der Waals surface area contributed by atoms with Crippen molar-refractivity contribution in [1.29, 1.82) is 0 Å². The number of aliphatic carboxylic acids is 1. The summed E-state index contributed by atoms with van der Waals surface area (Å²) < 4.78 is 5.67. The van der Waals surface area contributed by atoms with Crippen LogP contribution in [0.25, 0.3) is 0 Å². The largest absolute Gasteiger partial charge is 0.481 e. The minimum atomic E-state index is -0.831. The van der Waals surface area contributed by atoms with Crippen molar-refractivity contribution in [3.05, 3.63) is 53.5 Å². The van der Waals surface area contributed by atoms with Gasteiger partial charge in [-0.15, -0.1) is 0 Å². The summed E-state index contributed by atoms with van der Waals surface area (Å²) in [6, 6.07) is 10.4. The van der Waals surface area contributed by atoms with Crippen molar-refractivity contribution in [3.63, 3.8) is 0 Å². The minimum Gasteiger partial charge on any atom is -0.481 e. The molecule has 2 unspecified atom stereocenters. The standard InChI is InChI=1S/C21H24N2O4/c1-14-11-15-5-2-3-7-18(15)23(14)13-19-17(8-10-27-19)20(24)22-9-4-6-16(12-22)21(25)26/h2-3,5,7-8,10,14,16H,4,6,9,11-13H2,1H3,(H,25,26). The molecule has 0 spiro atoms. The number of fused-ring (bicyclic) bond motifs is 1. The van der Waals surface area contributed by atoms with Gasteiger partial charge in [-0.25, -0.2) is 0 Å². The van der Waals surface area contributed by atoms with Crippen LogP contribution in [0.3, 0.4) is 0 Å². The van der Waals surface area contributed by atoms with E-state index >= 15 is 0 Å². The van der Waals surface area contributed by atoms with Gasteiger partial charge in [0.1, 0.15) is 5.76 Å². The van der Waals surface area contributed by atoms with Crippen LogP contribution in [0.2, 0.25) is 0 Å². The summed E-state index contributed by atoms with van der Waals surface area (Å²) >= 11 is 0. The van der Waals surface area contributed by atoms with Crippen LogP contribution >= 0.6 is 0 Å². The number of likely N-dealkylation sites (tertiary alicyclic amines) is 1. The van der Waals surface area contributed by atoms with Crippen LogP contribution in [0.5, 0.6) is 0 Å². The molecular formula is C21H24N2O4. The number of hydrogen-bond donors (Lipinski definition) is 1. The summed E-state index contributed by atoms with van der Waals surface area (Å²) in [6.07, 6.45) is 3.87. The fourth-order valence-corrected chi connectivity index (χ4v) is 4.21. The lowest BCUT2D eigenvalue weighted by Gasteiger charge is -2.31. The molecule has 1 fully saturated rings. The number of anilines is 1. The fraction of sp³-hybridized carbons (Fsp3) is 0.429. The van der Waals surface area contributed by atoms with Crippen molar-refractivity contribution in [3.8, 4) is 0 Å². The summed E-state index contributed by atoms with van der Waals surface area (Å²) in [4.78, 5) is 28.2. The summed E-state index contributed by atoms with van der Waals surface area (Å²) in [7, 11) is 0. The first kappa shape index (κ1) is 17.6. The highest BCUT2D eigenvalue weighted by molar-refractivity contribution is 5.95. The number of furan rings is 1. The van der Waals surface area contributed by atoms with Gasteiger partial charge in [0.05, 0.1) is 24.3 Å². The van der Waals surface area contributed by atoms with Crippen molar-refractivity contribution in [2.75, 3.05) is 18.0 Å². The van der Waals surface area contributed by atoms with E-state index in [-0.39, 0.29) is 12.5 Å². The lowest BCUT2D eigenvalue weighted by atomic mass is 9.97. The summed E-state index contributed by atoms with van der Waals surface area (Å²) in [5.74, 6) is -0.809. The van der Waals surface area contributed by atoms with Gasteiger partial charge in [0, 0.05) is 24.8 Å². The lowest BCUT2D eigenvalue weighted by Crippen LogP contribution is -2.42. The number of carboxylic acids is 1. The third kappa shape index (κ3) is 3.31. The Kier molecular flexibility index (Phi) is 4.64. The van der Waals surface area contributed by atoms with Crippen molar-refractivity contribution in [1.82, 2.24) is 4.90 Å². The molecule has 0 saturated carbocycles. The maximum absolute atomic E-state index is 13.0. The van der Waals surface area contributed by atoms with E-state index < -0.39 is 11.9 Å². The van der Waals surface area contributed by atoms with Crippen LogP contribution in [-0.2, 0) is 17.8 Å². The highest BCUT2D eigenvalue weighted by atomic mass is 16.4. The van der Waals surface area contributed by atoms with E-state index in [0.717, 1.165) is 6.42 Å². The van der Waals surface area contributed by atoms with Gasteiger partial charge in [0.25, 0.3) is 5.91 Å². The number of piperidine rings is 1. The number of rotatable bonds is 4. The average Bonchev–Trinajstić information content (AvgIpc) is 3.26. The van der Waals surface area contributed by atoms with Crippen LogP contribution in [-0.4, -0.2) is 41.0 Å². The SMILES string of the molecule is CC1Cc2ccccc2N1Cc1occc1C(=O)N1CCCC(C(=O)O)C1. The number of carbonyl (C=O) groups excluding carboxylic acids is 1. The van der Waals surface area contributed by atoms with E-state index in [9.17, 15) is 14.7 Å². The Hall–Kier alpha value is -2.76. The second kappa shape index (κ2) is 7.10. The highest BCUT2D eigenvalue weighted by Gasteiger charge is 2.32. The van der Waals surface area contributed by atoms with Crippen LogP contribution in [0.15, 0.2) is 41.0 Å². The highest BCUT2D eigenvalue weighted by Crippen LogP contribution is 2.34. The van der Waals surface area contributed by atoms with Crippen LogP contribution in [0.4, 0.5) is 5.69 Å². The lowest BCUT2D eigenvalue weighted by molar-refractivity contribution is -0.143. The van der Waals surface area contributed by atoms with Crippen LogP contribution in [0, 0.1) is 5.92 Å². The Labute approximate surface area is 158 Å². The van der Waals surface area contributed by atoms with Gasteiger partial charge in [-0.2, -0.15) is 0 Å². The van der Waals surface area contributed by atoms with Gasteiger partial charge in [0.15, 0.2) is 0 Å². The number of nitrogens with zero attached hydrogens (tertiary/aromatic N) is 2. The zero-order valence-corrected chi connectivity index (χ0v) is 15.4. The number of benzene rings is 1. The third-order valence-electron chi connectivity index (χ3n) is 5.70. The van der Waals surface area contributed by atoms with Crippen molar-refractivity contribution < 1.29 is 19.1 Å². The second-order valence-electron chi connectivity index (χ2n) is 7.50. The Bertz CT molecular complexity index is 859. The molecule has 4 rings (SSSR count). The maximum Gasteiger partial charge on any atom is 0.308 e. The summed E-state index contributed by atoms with van der Waals surface area (Å²) in [5, 5.41) is 9.27. The molecule has 0 aliphatic carbocycles. The second-order valence-corrected chi connectivity index (χ2v) is 7.50. The third-order valence-corrected chi connectivity index (χ3v) is 5.70. The summed E-state index contributed by atoms with van der Waals surface area (Å²) in [6.45, 7) is 3.56. The summed E-state index contributed by atoms with van der Waals surface area (Å²) in [5.41, 5.74) is 3.03. The van der Waals surface area contributed by atoms with Crippen molar-refractivity contribution >= 4 is 17.6 Å². The van der Waals surface area contributed by atoms with E-state index in [1.165, 1.54) is 11.3 Å². The van der Waals surface area contributed by atoms with Crippen LogP contribution < -0.4 is 4.90 Å². The topological polar surface area (TPSA) is 74.0 Å². The molecule has 3 heterocycles. The van der Waals surface area contributed by atoms with Crippen molar-refractivity contribution in [2.24, 2.45) is 5.92 Å². The van der Waals surface area contributed by atoms with Gasteiger partial charge < -0.3 is 19.3 Å². The Morgan fingerprint density at radius 3 is 2.89 bits per heavy atom. The van der Waals surface area contributed by atoms with E-state index in [1.54, 1.807) is 17.2 Å². The zero-order valence-electron chi connectivity index (χ0n) is 15.4. The maximum atomic E-state index is 13.0. The van der Waals surface area contributed by atoms with Gasteiger partial charge in [-0.3, -0.25) is 9.59 Å². The predicted octanol–water partition coefficient (Wildman–Crippen LogP) is 3.17. The number of carbonyl (C=O) groups is 2. The minimum absolute atomic E-state index is 0.134. The predicted molar refractivity (Wildman–Crippen MR) is 101 cm³/mol. The van der Waals surface area contributed by atoms with Gasteiger partial charge in [-0.05, 0) is 43.9 Å². The average molecular weight is 368 g/mol. The molecule has 0 radical (unpaired) electrons. The monoisotopic (exact) mass is 368 g/mol. The number of para-hydroxylation sites is 1. The first-order chi connectivity index (χ1) is 13.0. The first-order valence-corrected chi connectivity index (χ1v) is 9.47. The Morgan fingerprint density at radius 1 is 1.26 bits per heavy atom. The molecular weight excluding hydrogens is 344 g/mol. The molecule has 2 atom stereocenters. The molecule has 2 aliphatic rings. The van der Waals surface area contributed by atoms with Gasteiger partial charge in [-0.1, -0.05) is 18.2 Å². The van der Waals surface area contributed by atoms with Gasteiger partial charge >= 0.3 is 5.97 Å². The number of hydrogen-bond acceptors (Lipinski definition) is 4. The van der Waals surface area contributed by atoms with E-state index in [2.05, 4.69) is 24.0 Å². The molecule has 6 heteroatoms. The molecule has 1 N–H and O–H groups in total.